The van der Waals surface area contributed by atoms with Crippen molar-refractivity contribution in [2.24, 2.45) is 11.8 Å². The van der Waals surface area contributed by atoms with Gasteiger partial charge in [0.1, 0.15) is 0 Å². The molecule has 0 radical (unpaired) electrons. The number of benzene rings is 1. The molecule has 0 spiro atoms. The number of methoxy groups -OCH3 is 1. The fourth-order valence-electron chi connectivity index (χ4n) is 3.46. The quantitative estimate of drug-likeness (QED) is 0.819. The Bertz CT molecular complexity index is 350. The van der Waals surface area contributed by atoms with Crippen LogP contribution >= 0.6 is 0 Å². The second kappa shape index (κ2) is 3.86. The highest BCUT2D eigenvalue weighted by atomic mass is 16.5. The molecule has 2 fully saturated rings. The molecule has 2 aliphatic rings. The van der Waals surface area contributed by atoms with E-state index in [-0.39, 0.29) is 5.60 Å². The summed E-state index contributed by atoms with van der Waals surface area (Å²) in [7, 11) is 1.86. The Morgan fingerprint density at radius 2 is 1.75 bits per heavy atom. The minimum Gasteiger partial charge on any atom is -0.374 e. The minimum atomic E-state index is -0.0152. The molecular formula is C14H19NO. The van der Waals surface area contributed by atoms with E-state index in [9.17, 15) is 0 Å². The van der Waals surface area contributed by atoms with Crippen molar-refractivity contribution in [2.45, 2.75) is 18.4 Å². The van der Waals surface area contributed by atoms with E-state index in [0.717, 1.165) is 11.8 Å². The highest BCUT2D eigenvalue weighted by Gasteiger charge is 2.48. The first-order chi connectivity index (χ1) is 7.84. The third-order valence-electron chi connectivity index (χ3n) is 4.35. The zero-order chi connectivity index (χ0) is 11.0. The third kappa shape index (κ3) is 1.48. The lowest BCUT2D eigenvalue weighted by Crippen LogP contribution is -2.28. The molecule has 2 heteroatoms. The van der Waals surface area contributed by atoms with E-state index in [1.165, 1.54) is 31.5 Å². The van der Waals surface area contributed by atoms with Gasteiger partial charge in [0.15, 0.2) is 0 Å². The first kappa shape index (κ1) is 10.3. The van der Waals surface area contributed by atoms with E-state index in [1.54, 1.807) is 0 Å². The van der Waals surface area contributed by atoms with Gasteiger partial charge in [0, 0.05) is 7.11 Å². The van der Waals surface area contributed by atoms with Crippen molar-refractivity contribution in [3.05, 3.63) is 35.9 Å². The van der Waals surface area contributed by atoms with Gasteiger partial charge in [-0.2, -0.15) is 0 Å². The largest absolute Gasteiger partial charge is 0.374 e. The van der Waals surface area contributed by atoms with Crippen molar-refractivity contribution >= 4 is 0 Å². The SMILES string of the molecule is COC1(c2ccccc2)CC2CNCC2C1. The van der Waals surface area contributed by atoms with E-state index >= 15 is 0 Å². The Hall–Kier alpha value is -0.860. The van der Waals surface area contributed by atoms with Crippen LogP contribution in [0.25, 0.3) is 0 Å². The smallest absolute Gasteiger partial charge is 0.0934 e. The topological polar surface area (TPSA) is 21.3 Å². The summed E-state index contributed by atoms with van der Waals surface area (Å²) in [5.41, 5.74) is 1.34. The molecule has 1 N–H and O–H groups in total. The second-order valence-corrected chi connectivity index (χ2v) is 5.15. The van der Waals surface area contributed by atoms with Crippen molar-refractivity contribution in [2.75, 3.05) is 20.2 Å². The Balaban J connectivity index is 1.91. The molecule has 86 valence electrons. The summed E-state index contributed by atoms with van der Waals surface area (Å²) in [6.45, 7) is 2.34. The molecule has 1 aromatic rings. The van der Waals surface area contributed by atoms with Crippen LogP contribution in [0.3, 0.4) is 0 Å². The molecule has 1 aliphatic heterocycles. The van der Waals surface area contributed by atoms with Crippen LogP contribution in [0.4, 0.5) is 0 Å². The summed E-state index contributed by atoms with van der Waals surface area (Å²) >= 11 is 0. The van der Waals surface area contributed by atoms with Gasteiger partial charge in [-0.1, -0.05) is 30.3 Å². The molecule has 0 aromatic heterocycles. The molecular weight excluding hydrogens is 198 g/mol. The molecule has 1 saturated carbocycles. The lowest BCUT2D eigenvalue weighted by molar-refractivity contribution is -0.0154. The summed E-state index contributed by atoms with van der Waals surface area (Å²) in [4.78, 5) is 0. The maximum absolute atomic E-state index is 5.89. The summed E-state index contributed by atoms with van der Waals surface area (Å²) in [6, 6.07) is 10.7. The van der Waals surface area contributed by atoms with E-state index in [4.69, 9.17) is 4.74 Å². The van der Waals surface area contributed by atoms with E-state index in [1.807, 2.05) is 7.11 Å². The maximum atomic E-state index is 5.89. The van der Waals surface area contributed by atoms with E-state index in [0.29, 0.717) is 0 Å². The van der Waals surface area contributed by atoms with Crippen molar-refractivity contribution in [1.29, 1.82) is 0 Å². The predicted octanol–water partition coefficient (Wildman–Crippen LogP) is 2.16. The van der Waals surface area contributed by atoms with Gasteiger partial charge in [-0.25, -0.2) is 0 Å². The van der Waals surface area contributed by atoms with Crippen LogP contribution in [-0.2, 0) is 10.3 Å². The van der Waals surface area contributed by atoms with Crippen LogP contribution in [0.2, 0.25) is 0 Å². The average molecular weight is 217 g/mol. The van der Waals surface area contributed by atoms with Gasteiger partial charge < -0.3 is 10.1 Å². The van der Waals surface area contributed by atoms with Crippen LogP contribution in [0, 0.1) is 11.8 Å². The fourth-order valence-corrected chi connectivity index (χ4v) is 3.46. The number of rotatable bonds is 2. The number of fused-ring (bicyclic) bond motifs is 1. The van der Waals surface area contributed by atoms with Crippen LogP contribution in [0.1, 0.15) is 18.4 Å². The second-order valence-electron chi connectivity index (χ2n) is 5.15. The van der Waals surface area contributed by atoms with E-state index < -0.39 is 0 Å². The molecule has 1 heterocycles. The molecule has 0 bridgehead atoms. The first-order valence-electron chi connectivity index (χ1n) is 6.15. The molecule has 2 nitrogen and oxygen atoms in total. The van der Waals surface area contributed by atoms with Gasteiger partial charge in [-0.15, -0.1) is 0 Å². The summed E-state index contributed by atoms with van der Waals surface area (Å²) in [5, 5.41) is 3.48. The predicted molar refractivity (Wildman–Crippen MR) is 64.2 cm³/mol. The van der Waals surface area contributed by atoms with Crippen LogP contribution in [0.5, 0.6) is 0 Å². The number of hydrogen-bond acceptors (Lipinski definition) is 2. The maximum Gasteiger partial charge on any atom is 0.0934 e. The Morgan fingerprint density at radius 1 is 1.12 bits per heavy atom. The third-order valence-corrected chi connectivity index (χ3v) is 4.35. The molecule has 3 rings (SSSR count). The Labute approximate surface area is 97.0 Å². The van der Waals surface area contributed by atoms with Crippen molar-refractivity contribution < 1.29 is 4.74 Å². The molecule has 2 atom stereocenters. The van der Waals surface area contributed by atoms with Gasteiger partial charge in [0.25, 0.3) is 0 Å². The normalized spacial score (nSPS) is 37.6. The molecule has 1 aromatic carbocycles. The molecule has 1 aliphatic carbocycles. The van der Waals surface area contributed by atoms with Crippen molar-refractivity contribution in [3.8, 4) is 0 Å². The molecule has 2 unspecified atom stereocenters. The van der Waals surface area contributed by atoms with Gasteiger partial charge >= 0.3 is 0 Å². The number of hydrogen-bond donors (Lipinski definition) is 1. The fraction of sp³-hybridized carbons (Fsp3) is 0.571. The zero-order valence-corrected chi connectivity index (χ0v) is 9.78. The van der Waals surface area contributed by atoms with Crippen molar-refractivity contribution in [1.82, 2.24) is 5.32 Å². The summed E-state index contributed by atoms with van der Waals surface area (Å²) in [5.74, 6) is 1.61. The molecule has 16 heavy (non-hydrogen) atoms. The van der Waals surface area contributed by atoms with Gasteiger partial charge in [-0.3, -0.25) is 0 Å². The summed E-state index contributed by atoms with van der Waals surface area (Å²) in [6.07, 6.45) is 2.34. The minimum absolute atomic E-state index is 0.0152. The molecule has 1 saturated heterocycles. The monoisotopic (exact) mass is 217 g/mol. The van der Waals surface area contributed by atoms with Gasteiger partial charge in [0.2, 0.25) is 0 Å². The van der Waals surface area contributed by atoms with Gasteiger partial charge in [-0.05, 0) is 43.3 Å². The van der Waals surface area contributed by atoms with Gasteiger partial charge in [0.05, 0.1) is 5.60 Å². The lowest BCUT2D eigenvalue weighted by atomic mass is 9.90. The zero-order valence-electron chi connectivity index (χ0n) is 9.78. The Morgan fingerprint density at radius 3 is 2.31 bits per heavy atom. The molecule has 0 amide bonds. The highest BCUT2D eigenvalue weighted by Crippen LogP contribution is 2.49. The average Bonchev–Trinajstić information content (AvgIpc) is 2.88. The summed E-state index contributed by atoms with van der Waals surface area (Å²) < 4.78 is 5.89. The van der Waals surface area contributed by atoms with Crippen LogP contribution in [0.15, 0.2) is 30.3 Å². The number of nitrogens with one attached hydrogen (secondary N) is 1. The highest BCUT2D eigenvalue weighted by molar-refractivity contribution is 5.25. The van der Waals surface area contributed by atoms with Crippen LogP contribution < -0.4 is 5.32 Å². The van der Waals surface area contributed by atoms with E-state index in [2.05, 4.69) is 35.6 Å². The standard InChI is InChI=1S/C14H19NO/c1-16-14(13-5-3-2-4-6-13)7-11-9-15-10-12(11)8-14/h2-6,11-12,15H,7-10H2,1H3. The van der Waals surface area contributed by atoms with Crippen molar-refractivity contribution in [3.63, 3.8) is 0 Å². The first-order valence-corrected chi connectivity index (χ1v) is 6.15. The number of ether oxygens (including phenoxy) is 1. The van der Waals surface area contributed by atoms with Crippen LogP contribution in [-0.4, -0.2) is 20.2 Å². The Kier molecular flexibility index (Phi) is 2.49. The lowest BCUT2D eigenvalue weighted by Gasteiger charge is -2.29.